The number of thiazole rings is 1. The lowest BCUT2D eigenvalue weighted by Crippen LogP contribution is -3.00. The second-order valence-electron chi connectivity index (χ2n) is 10.6. The first-order chi connectivity index (χ1) is 20.1. The molecule has 3 aromatic rings. The normalized spacial score (nSPS) is 10.6. The molecule has 0 bridgehead atoms. The van der Waals surface area contributed by atoms with E-state index in [2.05, 4.69) is 35.3 Å². The summed E-state index contributed by atoms with van der Waals surface area (Å²) in [6, 6.07) is 13.4. The zero-order chi connectivity index (χ0) is 29.1. The van der Waals surface area contributed by atoms with Crippen LogP contribution in [0.2, 0.25) is 0 Å². The molecule has 0 radical (unpaired) electrons. The third kappa shape index (κ3) is 12.7. The number of halogens is 1. The molecule has 0 saturated heterocycles. The Morgan fingerprint density at radius 3 is 2.12 bits per heavy atom. The largest absolute Gasteiger partial charge is 1.00 e. The van der Waals surface area contributed by atoms with Crippen LogP contribution in [0.1, 0.15) is 94.5 Å². The van der Waals surface area contributed by atoms with Gasteiger partial charge in [0.2, 0.25) is 10.8 Å². The van der Waals surface area contributed by atoms with Crippen molar-refractivity contribution in [3.8, 4) is 17.2 Å². The first-order valence-corrected chi connectivity index (χ1v) is 16.2. The fourth-order valence-electron chi connectivity index (χ4n) is 4.86. The Kier molecular flexibility index (Phi) is 17.9. The van der Waals surface area contributed by atoms with Gasteiger partial charge in [-0.3, -0.25) is 4.79 Å². The topological polar surface area (TPSA) is 60.7 Å². The van der Waals surface area contributed by atoms with Crippen LogP contribution >= 0.6 is 11.3 Å². The van der Waals surface area contributed by atoms with Gasteiger partial charge in [-0.1, -0.05) is 113 Å². The standard InChI is InChI=1S/C34H48N2O4S.BrH/c1-4-5-6-7-8-9-10-11-12-13-14-17-24-39-34-31(38-3)21-18-22-32(34)40-27-33(37)35-30-20-16-15-19-29(30)26-36-23-25-41-28(36)2;/h15-16,18-23,25H,4-14,17,24,26-27H2,1-3H3;1H. The zero-order valence-corrected chi connectivity index (χ0v) is 28.1. The van der Waals surface area contributed by atoms with Gasteiger partial charge in [0.1, 0.15) is 0 Å². The van der Waals surface area contributed by atoms with E-state index in [1.165, 1.54) is 69.2 Å². The number of carbonyl (C=O) groups excluding carboxylic acids is 1. The van der Waals surface area contributed by atoms with E-state index in [-0.39, 0.29) is 29.5 Å². The molecule has 0 aliphatic heterocycles. The van der Waals surface area contributed by atoms with Crippen LogP contribution in [0, 0.1) is 6.92 Å². The first-order valence-electron chi connectivity index (χ1n) is 15.4. The Bertz CT molecular complexity index is 1170. The number of methoxy groups -OCH3 is 1. The number of para-hydroxylation sites is 2. The minimum atomic E-state index is -0.223. The molecule has 0 aliphatic rings. The zero-order valence-electron chi connectivity index (χ0n) is 25.7. The van der Waals surface area contributed by atoms with E-state index in [1.807, 2.05) is 42.5 Å². The predicted octanol–water partition coefficient (Wildman–Crippen LogP) is 5.50. The van der Waals surface area contributed by atoms with E-state index in [4.69, 9.17) is 14.2 Å². The average molecular weight is 662 g/mol. The number of nitrogens with one attached hydrogen (secondary N) is 1. The molecule has 1 heterocycles. The molecule has 0 atom stereocenters. The van der Waals surface area contributed by atoms with Gasteiger partial charge in [0.05, 0.1) is 24.8 Å². The maximum absolute atomic E-state index is 12.8. The lowest BCUT2D eigenvalue weighted by molar-refractivity contribution is -0.689. The molecule has 0 fully saturated rings. The van der Waals surface area contributed by atoms with Crippen LogP contribution in [0.3, 0.4) is 0 Å². The number of nitrogens with zero attached hydrogens (tertiary/aromatic N) is 1. The smallest absolute Gasteiger partial charge is 0.262 e. The van der Waals surface area contributed by atoms with Gasteiger partial charge in [-0.15, -0.1) is 0 Å². The predicted molar refractivity (Wildman–Crippen MR) is 168 cm³/mol. The number of benzene rings is 2. The summed E-state index contributed by atoms with van der Waals surface area (Å²) in [5.74, 6) is 1.45. The molecule has 0 unspecified atom stereocenters. The molecule has 1 N–H and O–H groups in total. The first kappa shape index (κ1) is 35.6. The summed E-state index contributed by atoms with van der Waals surface area (Å²) in [6.07, 6.45) is 17.7. The molecular formula is C34H49BrN2O4S. The SMILES string of the molecule is CCCCCCCCCCCCCCOc1c(OC)cccc1OCC(=O)Nc1ccccc1C[n+]1ccsc1C.[Br-]. The molecule has 0 spiro atoms. The second-order valence-corrected chi connectivity index (χ2v) is 11.7. The van der Waals surface area contributed by atoms with Crippen LogP contribution in [0.5, 0.6) is 17.2 Å². The van der Waals surface area contributed by atoms with E-state index in [1.54, 1.807) is 18.4 Å². The Labute approximate surface area is 267 Å². The molecule has 8 heteroatoms. The third-order valence-electron chi connectivity index (χ3n) is 7.28. The lowest BCUT2D eigenvalue weighted by atomic mass is 10.1. The number of aryl methyl sites for hydroxylation is 1. The minimum absolute atomic E-state index is 0. The molecule has 2 aromatic carbocycles. The van der Waals surface area contributed by atoms with Gasteiger partial charge < -0.3 is 36.5 Å². The molecule has 1 aromatic heterocycles. The summed E-state index contributed by atoms with van der Waals surface area (Å²) < 4.78 is 19.7. The highest BCUT2D eigenvalue weighted by atomic mass is 79.9. The van der Waals surface area contributed by atoms with E-state index >= 15 is 0 Å². The summed E-state index contributed by atoms with van der Waals surface area (Å²) in [4.78, 5) is 12.8. The highest BCUT2D eigenvalue weighted by Crippen LogP contribution is 2.37. The Morgan fingerprint density at radius 2 is 1.48 bits per heavy atom. The van der Waals surface area contributed by atoms with Gasteiger partial charge in [0, 0.05) is 12.5 Å². The maximum atomic E-state index is 12.8. The van der Waals surface area contributed by atoms with Crippen molar-refractivity contribution in [3.63, 3.8) is 0 Å². The molecule has 3 rings (SSSR count). The van der Waals surface area contributed by atoms with Crippen molar-refractivity contribution in [1.29, 1.82) is 0 Å². The highest BCUT2D eigenvalue weighted by Gasteiger charge is 2.16. The van der Waals surface area contributed by atoms with Crippen LogP contribution in [0.15, 0.2) is 54.0 Å². The number of aromatic nitrogens is 1. The highest BCUT2D eigenvalue weighted by molar-refractivity contribution is 7.09. The quantitative estimate of drug-likeness (QED) is 0.121. The van der Waals surface area contributed by atoms with Gasteiger partial charge in [0.25, 0.3) is 5.91 Å². The summed E-state index contributed by atoms with van der Waals surface area (Å²) in [5.41, 5.74) is 1.83. The van der Waals surface area contributed by atoms with Crippen molar-refractivity contribution in [2.45, 2.75) is 97.4 Å². The van der Waals surface area contributed by atoms with Crippen molar-refractivity contribution in [3.05, 3.63) is 64.6 Å². The van der Waals surface area contributed by atoms with Gasteiger partial charge in [-0.05, 0) is 24.6 Å². The van der Waals surface area contributed by atoms with Crippen LogP contribution in [-0.4, -0.2) is 26.2 Å². The van der Waals surface area contributed by atoms with Crippen molar-refractivity contribution < 1.29 is 40.6 Å². The number of hydrogen-bond acceptors (Lipinski definition) is 5. The van der Waals surface area contributed by atoms with Crippen LogP contribution in [0.25, 0.3) is 0 Å². The van der Waals surface area contributed by atoms with Crippen molar-refractivity contribution in [2.75, 3.05) is 25.6 Å². The molecule has 232 valence electrons. The number of amides is 1. The molecule has 0 aliphatic carbocycles. The fraction of sp³-hybridized carbons (Fsp3) is 0.529. The maximum Gasteiger partial charge on any atom is 0.262 e. The van der Waals surface area contributed by atoms with E-state index < -0.39 is 0 Å². The number of hydrogen-bond donors (Lipinski definition) is 1. The molecule has 6 nitrogen and oxygen atoms in total. The Balaban J connectivity index is 0.00000616. The van der Waals surface area contributed by atoms with Crippen LogP contribution in [0.4, 0.5) is 5.69 Å². The van der Waals surface area contributed by atoms with Crippen molar-refractivity contribution >= 4 is 22.9 Å². The Hall–Kier alpha value is -2.58. The molecule has 1 amide bonds. The van der Waals surface area contributed by atoms with Gasteiger partial charge in [-0.25, -0.2) is 0 Å². The number of carbonyl (C=O) groups is 1. The number of anilines is 1. The summed E-state index contributed by atoms with van der Waals surface area (Å²) in [7, 11) is 1.62. The lowest BCUT2D eigenvalue weighted by Gasteiger charge is -2.16. The Morgan fingerprint density at radius 1 is 0.833 bits per heavy atom. The third-order valence-corrected chi connectivity index (χ3v) is 8.12. The summed E-state index contributed by atoms with van der Waals surface area (Å²) in [6.45, 7) is 5.52. The van der Waals surface area contributed by atoms with Crippen molar-refractivity contribution in [2.24, 2.45) is 0 Å². The minimum Gasteiger partial charge on any atom is -1.00 e. The average Bonchev–Trinajstić information content (AvgIpc) is 3.39. The van der Waals surface area contributed by atoms with E-state index in [9.17, 15) is 4.79 Å². The van der Waals surface area contributed by atoms with Crippen LogP contribution < -0.4 is 41.1 Å². The summed E-state index contributed by atoms with van der Waals surface area (Å²) in [5, 5.41) is 6.29. The van der Waals surface area contributed by atoms with E-state index in [0.29, 0.717) is 30.4 Å². The molecule has 42 heavy (non-hydrogen) atoms. The number of unbranched alkanes of at least 4 members (excludes halogenated alkanes) is 11. The van der Waals surface area contributed by atoms with Gasteiger partial charge >= 0.3 is 0 Å². The number of ether oxygens (including phenoxy) is 3. The molecular weight excluding hydrogens is 612 g/mol. The second kappa shape index (κ2) is 21.2. The van der Waals surface area contributed by atoms with E-state index in [0.717, 1.165) is 24.1 Å². The van der Waals surface area contributed by atoms with Gasteiger partial charge in [-0.2, -0.15) is 4.57 Å². The van der Waals surface area contributed by atoms with Crippen LogP contribution in [-0.2, 0) is 11.3 Å². The fourth-order valence-corrected chi connectivity index (χ4v) is 5.53. The monoisotopic (exact) mass is 660 g/mol. The van der Waals surface area contributed by atoms with Gasteiger partial charge in [0.15, 0.2) is 30.8 Å². The molecule has 0 saturated carbocycles. The van der Waals surface area contributed by atoms with Crippen molar-refractivity contribution in [1.82, 2.24) is 0 Å². The summed E-state index contributed by atoms with van der Waals surface area (Å²) >= 11 is 1.70. The number of rotatable bonds is 21.